The monoisotopic (exact) mass is 296 g/mol. The summed E-state index contributed by atoms with van der Waals surface area (Å²) in [6, 6.07) is 5.95. The Morgan fingerprint density at radius 1 is 1.43 bits per heavy atom. The third-order valence-corrected chi connectivity index (χ3v) is 2.74. The fraction of sp³-hybridized carbons (Fsp3) is 0.600. The number of nitro groups is 1. The Morgan fingerprint density at radius 3 is 2.67 bits per heavy atom. The number of hydrogen-bond acceptors (Lipinski definition) is 5. The molecule has 0 saturated carbocycles. The summed E-state index contributed by atoms with van der Waals surface area (Å²) in [7, 11) is 1.95. The van der Waals surface area contributed by atoms with E-state index in [9.17, 15) is 15.2 Å². The van der Waals surface area contributed by atoms with Gasteiger partial charge in [-0.2, -0.15) is 0 Å². The van der Waals surface area contributed by atoms with E-state index in [1.807, 2.05) is 11.9 Å². The van der Waals surface area contributed by atoms with E-state index >= 15 is 0 Å². The Labute approximate surface area is 125 Å². The smallest absolute Gasteiger partial charge is 0.273 e. The molecule has 0 bridgehead atoms. The molecule has 0 aliphatic rings. The highest BCUT2D eigenvalue weighted by molar-refractivity contribution is 5.37. The molecular weight excluding hydrogens is 272 g/mol. The molecule has 6 heteroatoms. The Hall–Kier alpha value is -1.66. The number of likely N-dealkylation sites (N-methyl/N-ethyl adjacent to an activating group) is 1. The van der Waals surface area contributed by atoms with Crippen molar-refractivity contribution >= 4 is 5.69 Å². The summed E-state index contributed by atoms with van der Waals surface area (Å²) in [6.07, 6.45) is -0.642. The first-order chi connectivity index (χ1) is 9.67. The highest BCUT2D eigenvalue weighted by Gasteiger charge is 2.16. The zero-order valence-electron chi connectivity index (χ0n) is 13.1. The Morgan fingerprint density at radius 2 is 2.10 bits per heavy atom. The first-order valence-electron chi connectivity index (χ1n) is 6.91. The summed E-state index contributed by atoms with van der Waals surface area (Å²) >= 11 is 0. The van der Waals surface area contributed by atoms with Crippen LogP contribution in [0.5, 0.6) is 5.75 Å². The third kappa shape index (κ3) is 7.06. The minimum absolute atomic E-state index is 0.0214. The standard InChI is InChI=1S/C15H24N2O4/c1-15(2,3)11-16(4)9-13(18)10-21-14-7-5-6-12(8-14)17(19)20/h5-8,13,18H,9-11H2,1-4H3. The molecule has 0 radical (unpaired) electrons. The van der Waals surface area contributed by atoms with E-state index in [2.05, 4.69) is 20.8 Å². The van der Waals surface area contributed by atoms with Crippen molar-refractivity contribution in [3.63, 3.8) is 0 Å². The predicted octanol–water partition coefficient (Wildman–Crippen LogP) is 2.31. The number of hydrogen-bond donors (Lipinski definition) is 1. The Balaban J connectivity index is 2.44. The van der Waals surface area contributed by atoms with Gasteiger partial charge in [-0.05, 0) is 18.5 Å². The summed E-state index contributed by atoms with van der Waals surface area (Å²) in [6.45, 7) is 7.86. The molecular formula is C15H24N2O4. The van der Waals surface area contributed by atoms with Crippen molar-refractivity contribution in [1.82, 2.24) is 4.90 Å². The minimum Gasteiger partial charge on any atom is -0.491 e. The van der Waals surface area contributed by atoms with Crippen molar-refractivity contribution in [2.45, 2.75) is 26.9 Å². The van der Waals surface area contributed by atoms with Crippen molar-refractivity contribution in [3.8, 4) is 5.75 Å². The van der Waals surface area contributed by atoms with E-state index in [4.69, 9.17) is 4.74 Å². The number of rotatable bonds is 7. The van der Waals surface area contributed by atoms with Crippen molar-refractivity contribution < 1.29 is 14.8 Å². The second kappa shape index (κ2) is 7.38. The molecule has 1 unspecified atom stereocenters. The van der Waals surface area contributed by atoms with Crippen molar-refractivity contribution in [1.29, 1.82) is 0 Å². The predicted molar refractivity (Wildman–Crippen MR) is 81.6 cm³/mol. The van der Waals surface area contributed by atoms with Gasteiger partial charge in [0, 0.05) is 19.2 Å². The molecule has 21 heavy (non-hydrogen) atoms. The third-order valence-electron chi connectivity index (χ3n) is 2.74. The zero-order chi connectivity index (χ0) is 16.0. The van der Waals surface area contributed by atoms with Crippen LogP contribution in [0.2, 0.25) is 0 Å². The van der Waals surface area contributed by atoms with Gasteiger partial charge in [-0.15, -0.1) is 0 Å². The van der Waals surface area contributed by atoms with Gasteiger partial charge in [-0.1, -0.05) is 26.8 Å². The maximum absolute atomic E-state index is 10.7. The molecule has 118 valence electrons. The number of benzene rings is 1. The number of nitro benzene ring substituents is 1. The lowest BCUT2D eigenvalue weighted by Gasteiger charge is -2.28. The molecule has 1 N–H and O–H groups in total. The average molecular weight is 296 g/mol. The zero-order valence-corrected chi connectivity index (χ0v) is 13.1. The maximum atomic E-state index is 10.7. The summed E-state index contributed by atoms with van der Waals surface area (Å²) < 4.78 is 5.41. The molecule has 0 aliphatic carbocycles. The second-order valence-corrected chi connectivity index (χ2v) is 6.48. The maximum Gasteiger partial charge on any atom is 0.273 e. The molecule has 1 atom stereocenters. The first kappa shape index (κ1) is 17.4. The van der Waals surface area contributed by atoms with Crippen LogP contribution in [0.4, 0.5) is 5.69 Å². The van der Waals surface area contributed by atoms with Gasteiger partial charge in [0.1, 0.15) is 18.5 Å². The van der Waals surface area contributed by atoms with Crippen LogP contribution in [0.25, 0.3) is 0 Å². The number of nitrogens with zero attached hydrogens (tertiary/aromatic N) is 2. The van der Waals surface area contributed by atoms with Crippen molar-refractivity contribution in [2.24, 2.45) is 5.41 Å². The van der Waals surface area contributed by atoms with Crippen LogP contribution < -0.4 is 4.74 Å². The molecule has 0 saturated heterocycles. The molecule has 0 aromatic heterocycles. The van der Waals surface area contributed by atoms with Gasteiger partial charge in [0.2, 0.25) is 0 Å². The van der Waals surface area contributed by atoms with Crippen LogP contribution in [0.3, 0.4) is 0 Å². The summed E-state index contributed by atoms with van der Waals surface area (Å²) in [5.74, 6) is 0.390. The number of aliphatic hydroxyl groups excluding tert-OH is 1. The minimum atomic E-state index is -0.642. The normalized spacial score (nSPS) is 13.2. The molecule has 0 amide bonds. The highest BCUT2D eigenvalue weighted by atomic mass is 16.6. The summed E-state index contributed by atoms with van der Waals surface area (Å²) in [5, 5.41) is 20.6. The van der Waals surface area contributed by atoms with Crippen LogP contribution >= 0.6 is 0 Å². The Kier molecular flexibility index (Phi) is 6.11. The van der Waals surface area contributed by atoms with E-state index in [0.29, 0.717) is 12.3 Å². The average Bonchev–Trinajstić information content (AvgIpc) is 2.34. The van der Waals surface area contributed by atoms with Crippen LogP contribution in [0.1, 0.15) is 20.8 Å². The van der Waals surface area contributed by atoms with Gasteiger partial charge < -0.3 is 14.7 Å². The van der Waals surface area contributed by atoms with Gasteiger partial charge in [-0.3, -0.25) is 10.1 Å². The SMILES string of the molecule is CN(CC(O)COc1cccc([N+](=O)[O-])c1)CC(C)(C)C. The largest absolute Gasteiger partial charge is 0.491 e. The van der Waals surface area contributed by atoms with Crippen molar-refractivity contribution in [3.05, 3.63) is 34.4 Å². The van der Waals surface area contributed by atoms with E-state index in [-0.39, 0.29) is 17.7 Å². The number of aliphatic hydroxyl groups is 1. The van der Waals surface area contributed by atoms with Crippen molar-refractivity contribution in [2.75, 3.05) is 26.7 Å². The number of ether oxygens (including phenoxy) is 1. The van der Waals surface area contributed by atoms with Gasteiger partial charge in [-0.25, -0.2) is 0 Å². The van der Waals surface area contributed by atoms with E-state index in [0.717, 1.165) is 6.54 Å². The second-order valence-electron chi connectivity index (χ2n) is 6.48. The highest BCUT2D eigenvalue weighted by Crippen LogP contribution is 2.19. The fourth-order valence-corrected chi connectivity index (χ4v) is 2.17. The van der Waals surface area contributed by atoms with Crippen LogP contribution in [0, 0.1) is 15.5 Å². The Bertz CT molecular complexity index is 471. The number of non-ortho nitro benzene ring substituents is 1. The lowest BCUT2D eigenvalue weighted by atomic mass is 9.96. The fourth-order valence-electron chi connectivity index (χ4n) is 2.17. The van der Waals surface area contributed by atoms with E-state index in [1.165, 1.54) is 12.1 Å². The first-order valence-corrected chi connectivity index (χ1v) is 6.91. The van der Waals surface area contributed by atoms with Gasteiger partial charge in [0.15, 0.2) is 0 Å². The van der Waals surface area contributed by atoms with Crippen LogP contribution in [-0.2, 0) is 0 Å². The molecule has 1 rings (SSSR count). The van der Waals surface area contributed by atoms with E-state index in [1.54, 1.807) is 12.1 Å². The summed E-state index contributed by atoms with van der Waals surface area (Å²) in [5.41, 5.74) is 0.141. The molecule has 6 nitrogen and oxygen atoms in total. The lowest BCUT2D eigenvalue weighted by Crippen LogP contribution is -2.37. The molecule has 0 heterocycles. The van der Waals surface area contributed by atoms with Gasteiger partial charge >= 0.3 is 0 Å². The lowest BCUT2D eigenvalue weighted by molar-refractivity contribution is -0.384. The molecule has 1 aromatic carbocycles. The van der Waals surface area contributed by atoms with Crippen LogP contribution in [-0.4, -0.2) is 47.8 Å². The van der Waals surface area contributed by atoms with Crippen LogP contribution in [0.15, 0.2) is 24.3 Å². The van der Waals surface area contributed by atoms with E-state index < -0.39 is 11.0 Å². The van der Waals surface area contributed by atoms with Gasteiger partial charge in [0.25, 0.3) is 5.69 Å². The summed E-state index contributed by atoms with van der Waals surface area (Å²) in [4.78, 5) is 12.2. The molecule has 0 fully saturated rings. The molecule has 0 spiro atoms. The molecule has 1 aromatic rings. The topological polar surface area (TPSA) is 75.8 Å². The van der Waals surface area contributed by atoms with Gasteiger partial charge in [0.05, 0.1) is 11.0 Å². The molecule has 0 aliphatic heterocycles. The quantitative estimate of drug-likeness (QED) is 0.617.